The van der Waals surface area contributed by atoms with Crippen LogP contribution < -0.4 is 21.7 Å². The number of hydrogen-bond donors (Lipinski definition) is 3. The summed E-state index contributed by atoms with van der Waals surface area (Å²) in [5.74, 6) is -0.451. The zero-order chi connectivity index (χ0) is 17.5. The lowest BCUT2D eigenvalue weighted by molar-refractivity contribution is 0.0938. The van der Waals surface area contributed by atoms with Crippen LogP contribution in [0.5, 0.6) is 0 Å². The number of amides is 1. The van der Waals surface area contributed by atoms with E-state index < -0.39 is 5.91 Å². The Morgan fingerprint density at radius 1 is 1.21 bits per heavy atom. The number of thiocarbonyl (C=S) groups is 1. The predicted molar refractivity (Wildman–Crippen MR) is 97.8 cm³/mol. The molecule has 0 radical (unpaired) electrons. The van der Waals surface area contributed by atoms with E-state index in [1.54, 1.807) is 31.3 Å². The van der Waals surface area contributed by atoms with Gasteiger partial charge in [-0.3, -0.25) is 20.4 Å². The van der Waals surface area contributed by atoms with Gasteiger partial charge in [0.15, 0.2) is 10.8 Å². The number of unbranched alkanes of at least 4 members (excludes halogenated alkanes) is 2. The first kappa shape index (κ1) is 17.9. The molecule has 0 unspecified atom stereocenters. The first-order valence-electron chi connectivity index (χ1n) is 7.86. The molecule has 0 aliphatic heterocycles. The van der Waals surface area contributed by atoms with Gasteiger partial charge in [0.25, 0.3) is 11.5 Å². The summed E-state index contributed by atoms with van der Waals surface area (Å²) >= 11 is 4.92. The summed E-state index contributed by atoms with van der Waals surface area (Å²) in [7, 11) is 1.64. The number of carbonyl (C=O) groups is 1. The Hall–Kier alpha value is -2.48. The van der Waals surface area contributed by atoms with E-state index in [0.717, 1.165) is 19.3 Å². The summed E-state index contributed by atoms with van der Waals surface area (Å²) in [6.07, 6.45) is 2.88. The maximum Gasteiger partial charge on any atom is 0.290 e. The van der Waals surface area contributed by atoms with Crippen molar-refractivity contribution in [3.05, 3.63) is 40.3 Å². The number of benzene rings is 1. The Kier molecular flexibility index (Phi) is 6.25. The van der Waals surface area contributed by atoms with Crippen molar-refractivity contribution in [2.24, 2.45) is 0 Å². The normalized spacial score (nSPS) is 10.4. The van der Waals surface area contributed by atoms with Crippen molar-refractivity contribution in [1.82, 2.24) is 25.9 Å². The highest BCUT2D eigenvalue weighted by molar-refractivity contribution is 7.80. The molecule has 0 fully saturated rings. The summed E-state index contributed by atoms with van der Waals surface area (Å²) in [6.45, 7) is 2.58. The first-order chi connectivity index (χ1) is 11.6. The molecule has 1 heterocycles. The van der Waals surface area contributed by atoms with E-state index >= 15 is 0 Å². The molecule has 1 aromatic heterocycles. The Bertz CT molecular complexity index is 803. The number of nitrogens with one attached hydrogen (secondary N) is 3. The smallest absolute Gasteiger partial charge is 0.290 e. The van der Waals surface area contributed by atoms with Crippen LogP contribution in [-0.2, 0) is 6.54 Å². The topological polar surface area (TPSA) is 88.1 Å². The molecule has 1 amide bonds. The average molecular weight is 347 g/mol. The second kappa shape index (κ2) is 8.39. The molecule has 8 heteroatoms. The van der Waals surface area contributed by atoms with Gasteiger partial charge in [-0.2, -0.15) is 5.10 Å². The molecule has 2 aromatic rings. The van der Waals surface area contributed by atoms with Gasteiger partial charge in [-0.05, 0) is 24.7 Å². The van der Waals surface area contributed by atoms with Crippen molar-refractivity contribution >= 4 is 34.0 Å². The zero-order valence-corrected chi connectivity index (χ0v) is 14.6. The number of aryl methyl sites for hydroxylation is 1. The minimum atomic E-state index is -0.451. The van der Waals surface area contributed by atoms with Crippen LogP contribution in [0.15, 0.2) is 29.1 Å². The quantitative estimate of drug-likeness (QED) is 0.430. The van der Waals surface area contributed by atoms with Crippen molar-refractivity contribution in [3.63, 3.8) is 0 Å². The Morgan fingerprint density at radius 2 is 1.92 bits per heavy atom. The third kappa shape index (κ3) is 4.08. The molecule has 0 saturated heterocycles. The van der Waals surface area contributed by atoms with Crippen molar-refractivity contribution in [2.75, 3.05) is 7.05 Å². The van der Waals surface area contributed by atoms with Gasteiger partial charge in [-0.15, -0.1) is 0 Å². The van der Waals surface area contributed by atoms with E-state index in [-0.39, 0.29) is 16.4 Å². The maximum atomic E-state index is 12.5. The SMILES string of the molecule is CCCCCn1nc(C(=O)NNC(=S)NC)c2ccccc2c1=O. The van der Waals surface area contributed by atoms with Gasteiger partial charge in [0.2, 0.25) is 0 Å². The van der Waals surface area contributed by atoms with Crippen molar-refractivity contribution in [2.45, 2.75) is 32.7 Å². The minimum absolute atomic E-state index is 0.183. The van der Waals surface area contributed by atoms with Crippen LogP contribution in [0.25, 0.3) is 10.8 Å². The molecule has 1 aromatic carbocycles. The van der Waals surface area contributed by atoms with Crippen LogP contribution in [0.3, 0.4) is 0 Å². The van der Waals surface area contributed by atoms with Crippen LogP contribution in [-0.4, -0.2) is 27.8 Å². The summed E-state index contributed by atoms with van der Waals surface area (Å²) < 4.78 is 1.36. The number of fused-ring (bicyclic) bond motifs is 1. The molecule has 0 saturated carbocycles. The van der Waals surface area contributed by atoms with Gasteiger partial charge in [-0.1, -0.05) is 38.0 Å². The van der Waals surface area contributed by atoms with E-state index in [0.29, 0.717) is 17.3 Å². The average Bonchev–Trinajstić information content (AvgIpc) is 2.61. The molecule has 0 aliphatic rings. The fourth-order valence-electron chi connectivity index (χ4n) is 2.30. The molecule has 128 valence electrons. The highest BCUT2D eigenvalue weighted by Crippen LogP contribution is 2.13. The van der Waals surface area contributed by atoms with Crippen molar-refractivity contribution in [3.8, 4) is 0 Å². The molecule has 0 atom stereocenters. The number of rotatable bonds is 5. The van der Waals surface area contributed by atoms with Gasteiger partial charge in [0.05, 0.1) is 5.39 Å². The molecule has 0 bridgehead atoms. The third-order valence-electron chi connectivity index (χ3n) is 3.57. The first-order valence-corrected chi connectivity index (χ1v) is 8.27. The fourth-order valence-corrected chi connectivity index (χ4v) is 2.35. The second-order valence-electron chi connectivity index (χ2n) is 5.29. The zero-order valence-electron chi connectivity index (χ0n) is 13.8. The van der Waals surface area contributed by atoms with Crippen molar-refractivity contribution < 1.29 is 4.79 Å². The number of hydrogen-bond acceptors (Lipinski definition) is 4. The predicted octanol–water partition coefficient (Wildman–Crippen LogP) is 1.33. The minimum Gasteiger partial charge on any atom is -0.364 e. The monoisotopic (exact) mass is 347 g/mol. The summed E-state index contributed by atoms with van der Waals surface area (Å²) in [4.78, 5) is 25.0. The van der Waals surface area contributed by atoms with E-state index in [2.05, 4.69) is 28.2 Å². The van der Waals surface area contributed by atoms with Gasteiger partial charge in [0, 0.05) is 19.0 Å². The Balaban J connectivity index is 2.39. The number of carbonyl (C=O) groups excluding carboxylic acids is 1. The largest absolute Gasteiger partial charge is 0.364 e. The maximum absolute atomic E-state index is 12.5. The number of aromatic nitrogens is 2. The van der Waals surface area contributed by atoms with Crippen LogP contribution in [0.4, 0.5) is 0 Å². The van der Waals surface area contributed by atoms with Gasteiger partial charge < -0.3 is 5.32 Å². The molecular formula is C16H21N5O2S. The molecular weight excluding hydrogens is 326 g/mol. The van der Waals surface area contributed by atoms with Crippen molar-refractivity contribution in [1.29, 1.82) is 0 Å². The number of hydrazine groups is 1. The molecule has 0 aliphatic carbocycles. The lowest BCUT2D eigenvalue weighted by Gasteiger charge is -2.12. The Labute approximate surface area is 145 Å². The lowest BCUT2D eigenvalue weighted by atomic mass is 10.1. The van der Waals surface area contributed by atoms with E-state index in [9.17, 15) is 9.59 Å². The fraction of sp³-hybridized carbons (Fsp3) is 0.375. The Morgan fingerprint density at radius 3 is 2.58 bits per heavy atom. The number of nitrogens with zero attached hydrogens (tertiary/aromatic N) is 2. The second-order valence-corrected chi connectivity index (χ2v) is 5.70. The summed E-state index contributed by atoms with van der Waals surface area (Å²) in [6, 6.07) is 6.97. The highest BCUT2D eigenvalue weighted by Gasteiger charge is 2.16. The van der Waals surface area contributed by atoms with Gasteiger partial charge in [0.1, 0.15) is 0 Å². The highest BCUT2D eigenvalue weighted by atomic mass is 32.1. The van der Waals surface area contributed by atoms with Crippen LogP contribution in [0, 0.1) is 0 Å². The van der Waals surface area contributed by atoms with Crippen LogP contribution in [0.1, 0.15) is 36.7 Å². The van der Waals surface area contributed by atoms with E-state index in [4.69, 9.17) is 12.2 Å². The van der Waals surface area contributed by atoms with E-state index in [1.165, 1.54) is 4.68 Å². The summed E-state index contributed by atoms with van der Waals surface area (Å²) in [5.41, 5.74) is 5.06. The third-order valence-corrected chi connectivity index (χ3v) is 3.88. The molecule has 2 rings (SSSR count). The molecule has 0 spiro atoms. The molecule has 3 N–H and O–H groups in total. The van der Waals surface area contributed by atoms with Crippen LogP contribution >= 0.6 is 12.2 Å². The van der Waals surface area contributed by atoms with E-state index in [1.807, 2.05) is 0 Å². The van der Waals surface area contributed by atoms with Crippen LogP contribution in [0.2, 0.25) is 0 Å². The van der Waals surface area contributed by atoms with Gasteiger partial charge in [-0.25, -0.2) is 4.68 Å². The molecule has 24 heavy (non-hydrogen) atoms. The lowest BCUT2D eigenvalue weighted by Crippen LogP contribution is -2.46. The standard InChI is InChI=1S/C16H21N5O2S/c1-3-4-7-10-21-15(23)12-9-6-5-8-11(12)13(20-21)14(22)18-19-16(24)17-2/h5-6,8-9H,3-4,7,10H2,1-2H3,(H,18,22)(H2,17,19,24). The summed E-state index contributed by atoms with van der Waals surface area (Å²) in [5, 5.41) is 8.23. The van der Waals surface area contributed by atoms with Gasteiger partial charge >= 0.3 is 0 Å². The molecule has 7 nitrogen and oxygen atoms in total.